The molecule has 0 aliphatic heterocycles. The molecule has 132 valence electrons. The van der Waals surface area contributed by atoms with Gasteiger partial charge in [0.2, 0.25) is 0 Å². The second-order valence-electron chi connectivity index (χ2n) is 4.65. The molecule has 0 fully saturated rings. The van der Waals surface area contributed by atoms with Crippen molar-refractivity contribution in [2.45, 2.75) is 0 Å². The Morgan fingerprint density at radius 2 is 1.14 bits per heavy atom. The maximum absolute atomic E-state index is 11.4. The Bertz CT molecular complexity index is 255. The Labute approximate surface area is 154 Å². The second kappa shape index (κ2) is 15.3. The summed E-state index contributed by atoms with van der Waals surface area (Å²) in [4.78, 5) is 11.4. The molecule has 0 bridgehead atoms. The highest BCUT2D eigenvalue weighted by Gasteiger charge is 2.33. The zero-order valence-corrected chi connectivity index (χ0v) is 16.2. The molecular weight excluding hydrogens is 364 g/mol. The summed E-state index contributed by atoms with van der Waals surface area (Å²) in [6.45, 7) is 2.73. The number of hydrogen-bond acceptors (Lipinski definition) is 9. The molecule has 0 saturated carbocycles. The Morgan fingerprint density at radius 1 is 0.727 bits per heavy atom. The first-order valence-corrected chi connectivity index (χ1v) is 9.49. The highest BCUT2D eigenvalue weighted by Crippen LogP contribution is 2.21. The fourth-order valence-electron chi connectivity index (χ4n) is 1.59. The number of esters is 1. The molecule has 9 heteroatoms. The third kappa shape index (κ3) is 11.3. The molecule has 0 unspecified atom stereocenters. The van der Waals surface area contributed by atoms with Crippen molar-refractivity contribution in [2.24, 2.45) is 5.41 Å². The topological polar surface area (TPSA) is 54.0 Å². The third-order valence-electron chi connectivity index (χ3n) is 2.60. The van der Waals surface area contributed by atoms with Gasteiger partial charge in [0.05, 0.1) is 50.8 Å². The van der Waals surface area contributed by atoms with Crippen LogP contribution in [0.3, 0.4) is 0 Å². The van der Waals surface area contributed by atoms with Crippen LogP contribution in [0.25, 0.3) is 0 Å². The molecule has 5 nitrogen and oxygen atoms in total. The molecule has 0 spiro atoms. The number of ether oxygens (including phenoxy) is 4. The monoisotopic (exact) mass is 390 g/mol. The average molecular weight is 391 g/mol. The van der Waals surface area contributed by atoms with Gasteiger partial charge in [-0.15, -0.1) is 0 Å². The normalized spacial score (nSPS) is 11.6. The summed E-state index contributed by atoms with van der Waals surface area (Å²) in [5.41, 5.74) is -0.562. The lowest BCUT2D eigenvalue weighted by Gasteiger charge is -2.32. The summed E-state index contributed by atoms with van der Waals surface area (Å²) in [6.07, 6.45) is 0. The quantitative estimate of drug-likeness (QED) is 0.193. The van der Waals surface area contributed by atoms with E-state index in [1.165, 1.54) is 0 Å². The largest absolute Gasteiger partial charge is 0.464 e. The van der Waals surface area contributed by atoms with Gasteiger partial charge in [-0.2, -0.15) is 50.5 Å². The molecule has 0 aromatic heterocycles. The van der Waals surface area contributed by atoms with Crippen molar-refractivity contribution in [3.05, 3.63) is 0 Å². The van der Waals surface area contributed by atoms with E-state index in [9.17, 15) is 4.79 Å². The minimum Gasteiger partial charge on any atom is -0.464 e. The zero-order chi connectivity index (χ0) is 16.7. The van der Waals surface area contributed by atoms with Crippen molar-refractivity contribution in [1.29, 1.82) is 0 Å². The maximum atomic E-state index is 11.4. The van der Waals surface area contributed by atoms with Gasteiger partial charge in [0.25, 0.3) is 0 Å². The standard InChI is InChI=1S/C13H26O5S4/c14-12(7-22)18-11-13(8-15-1-4-19,9-16-2-5-20)10-17-3-6-21/h19-22H,1-11H2. The Morgan fingerprint density at radius 3 is 1.45 bits per heavy atom. The van der Waals surface area contributed by atoms with E-state index in [1.54, 1.807) is 0 Å². The molecule has 0 aliphatic rings. The summed E-state index contributed by atoms with van der Waals surface area (Å²) in [5, 5.41) is 0. The van der Waals surface area contributed by atoms with E-state index < -0.39 is 5.41 Å². The van der Waals surface area contributed by atoms with Gasteiger partial charge in [-0.25, -0.2) is 0 Å². The SMILES string of the molecule is O=C(CS)OCC(COCCS)(COCCS)COCCS. The number of carbonyl (C=O) groups excluding carboxylic acids is 1. The summed E-state index contributed by atoms with van der Waals surface area (Å²) in [6, 6.07) is 0. The highest BCUT2D eigenvalue weighted by molar-refractivity contribution is 7.81. The molecule has 0 atom stereocenters. The van der Waals surface area contributed by atoms with E-state index >= 15 is 0 Å². The molecule has 0 amide bonds. The Hall–Kier alpha value is 0.750. The molecule has 0 aromatic rings. The van der Waals surface area contributed by atoms with Crippen LogP contribution in [-0.2, 0) is 23.7 Å². The molecular formula is C13H26O5S4. The number of thiol groups is 4. The predicted octanol–water partition coefficient (Wildman–Crippen LogP) is 1.28. The van der Waals surface area contributed by atoms with E-state index in [-0.39, 0.29) is 18.3 Å². The van der Waals surface area contributed by atoms with Crippen LogP contribution in [0.2, 0.25) is 0 Å². The lowest BCUT2D eigenvalue weighted by atomic mass is 9.92. The van der Waals surface area contributed by atoms with Crippen LogP contribution in [0, 0.1) is 5.41 Å². The minimum absolute atomic E-state index is 0.0303. The van der Waals surface area contributed by atoms with Crippen molar-refractivity contribution in [3.63, 3.8) is 0 Å². The molecule has 0 radical (unpaired) electrons. The van der Waals surface area contributed by atoms with Gasteiger partial charge in [0.15, 0.2) is 0 Å². The predicted molar refractivity (Wildman–Crippen MR) is 101 cm³/mol. The van der Waals surface area contributed by atoms with Crippen LogP contribution >= 0.6 is 50.5 Å². The van der Waals surface area contributed by atoms with Crippen molar-refractivity contribution >= 4 is 56.5 Å². The van der Waals surface area contributed by atoms with Gasteiger partial charge in [0.1, 0.15) is 6.61 Å². The third-order valence-corrected chi connectivity index (χ3v) is 3.41. The van der Waals surface area contributed by atoms with Gasteiger partial charge >= 0.3 is 5.97 Å². The average Bonchev–Trinajstić information content (AvgIpc) is 2.53. The lowest BCUT2D eigenvalue weighted by molar-refractivity contribution is -0.152. The van der Waals surface area contributed by atoms with Gasteiger partial charge in [-0.1, -0.05) is 0 Å². The second-order valence-corrected chi connectivity index (χ2v) is 6.31. The van der Waals surface area contributed by atoms with Crippen LogP contribution in [0.4, 0.5) is 0 Å². The fraction of sp³-hybridized carbons (Fsp3) is 0.923. The Balaban J connectivity index is 4.71. The van der Waals surface area contributed by atoms with E-state index in [2.05, 4.69) is 50.5 Å². The van der Waals surface area contributed by atoms with Crippen molar-refractivity contribution in [2.75, 3.05) is 69.3 Å². The van der Waals surface area contributed by atoms with Crippen molar-refractivity contribution in [3.8, 4) is 0 Å². The summed E-state index contributed by atoms with van der Waals surface area (Å²) >= 11 is 16.3. The lowest BCUT2D eigenvalue weighted by Crippen LogP contribution is -2.43. The van der Waals surface area contributed by atoms with Crippen LogP contribution in [-0.4, -0.2) is 75.2 Å². The van der Waals surface area contributed by atoms with Crippen LogP contribution < -0.4 is 0 Å². The van der Waals surface area contributed by atoms with Gasteiger partial charge in [-0.3, -0.25) is 4.79 Å². The van der Waals surface area contributed by atoms with E-state index in [0.29, 0.717) is 56.9 Å². The summed E-state index contributed by atoms with van der Waals surface area (Å²) in [5.74, 6) is 1.48. The van der Waals surface area contributed by atoms with Crippen LogP contribution in [0.1, 0.15) is 0 Å². The van der Waals surface area contributed by atoms with Crippen LogP contribution in [0.15, 0.2) is 0 Å². The van der Waals surface area contributed by atoms with Crippen molar-refractivity contribution < 1.29 is 23.7 Å². The Kier molecular flexibility index (Phi) is 15.8. The fourth-order valence-corrected chi connectivity index (χ4v) is 2.07. The maximum Gasteiger partial charge on any atom is 0.315 e. The molecule has 0 N–H and O–H groups in total. The molecule has 0 saturated heterocycles. The molecule has 0 heterocycles. The van der Waals surface area contributed by atoms with E-state index in [1.807, 2.05) is 0 Å². The first kappa shape index (κ1) is 22.8. The van der Waals surface area contributed by atoms with E-state index in [0.717, 1.165) is 0 Å². The molecule has 0 rings (SSSR count). The summed E-state index contributed by atoms with van der Waals surface area (Å²) in [7, 11) is 0. The molecule has 22 heavy (non-hydrogen) atoms. The van der Waals surface area contributed by atoms with Gasteiger partial charge in [-0.05, 0) is 0 Å². The minimum atomic E-state index is -0.562. The highest BCUT2D eigenvalue weighted by atomic mass is 32.1. The first-order chi connectivity index (χ1) is 10.6. The first-order valence-electron chi connectivity index (χ1n) is 6.96. The molecule has 0 aromatic carbocycles. The van der Waals surface area contributed by atoms with Gasteiger partial charge in [0, 0.05) is 17.3 Å². The number of carbonyl (C=O) groups is 1. The number of rotatable bonds is 15. The van der Waals surface area contributed by atoms with Crippen LogP contribution in [0.5, 0.6) is 0 Å². The smallest absolute Gasteiger partial charge is 0.315 e. The van der Waals surface area contributed by atoms with Gasteiger partial charge < -0.3 is 18.9 Å². The van der Waals surface area contributed by atoms with E-state index in [4.69, 9.17) is 18.9 Å². The van der Waals surface area contributed by atoms with Crippen molar-refractivity contribution in [1.82, 2.24) is 0 Å². The molecule has 0 aliphatic carbocycles. The zero-order valence-electron chi connectivity index (χ0n) is 12.6. The summed E-state index contributed by atoms with van der Waals surface area (Å²) < 4.78 is 22.0. The number of hydrogen-bond donors (Lipinski definition) is 4.